The summed E-state index contributed by atoms with van der Waals surface area (Å²) >= 11 is 2.01. The predicted molar refractivity (Wildman–Crippen MR) is 74.0 cm³/mol. The number of nitrogens with zero attached hydrogens (tertiary/aromatic N) is 2. The van der Waals surface area contributed by atoms with Crippen molar-refractivity contribution in [3.8, 4) is 0 Å². The average Bonchev–Trinajstić information content (AvgIpc) is 2.33. The number of nitrogen functional groups attached to an aromatic ring is 1. The van der Waals surface area contributed by atoms with E-state index in [0.29, 0.717) is 16.9 Å². The second kappa shape index (κ2) is 4.96. The van der Waals surface area contributed by atoms with Crippen molar-refractivity contribution in [2.75, 3.05) is 17.2 Å². The molecule has 0 bridgehead atoms. The van der Waals surface area contributed by atoms with Crippen LogP contribution in [0.3, 0.4) is 0 Å². The first-order valence-corrected chi connectivity index (χ1v) is 6.83. The Morgan fingerprint density at radius 2 is 2.29 bits per heavy atom. The Kier molecular flexibility index (Phi) is 3.57. The van der Waals surface area contributed by atoms with Crippen LogP contribution >= 0.6 is 11.8 Å². The highest BCUT2D eigenvalue weighted by Crippen LogP contribution is 2.27. The normalized spacial score (nSPS) is 24.7. The molecule has 2 rings (SSSR count). The molecular weight excluding hydrogens is 232 g/mol. The maximum absolute atomic E-state index is 7.34. The summed E-state index contributed by atoms with van der Waals surface area (Å²) in [6, 6.07) is 4.31. The van der Waals surface area contributed by atoms with Crippen LogP contribution < -0.4 is 10.6 Å². The van der Waals surface area contributed by atoms with Crippen LogP contribution in [0, 0.1) is 5.41 Å². The fraction of sp³-hybridized carbons (Fsp3) is 0.500. The lowest BCUT2D eigenvalue weighted by Crippen LogP contribution is -2.45. The summed E-state index contributed by atoms with van der Waals surface area (Å²) in [5.41, 5.74) is 6.10. The lowest BCUT2D eigenvalue weighted by Gasteiger charge is -2.38. The van der Waals surface area contributed by atoms with Crippen LogP contribution in [0.25, 0.3) is 0 Å². The highest BCUT2D eigenvalue weighted by molar-refractivity contribution is 8.00. The summed E-state index contributed by atoms with van der Waals surface area (Å²) in [5.74, 6) is 2.19. The van der Waals surface area contributed by atoms with Gasteiger partial charge in [0.1, 0.15) is 11.7 Å². The number of aromatic nitrogens is 1. The van der Waals surface area contributed by atoms with Gasteiger partial charge in [0, 0.05) is 35.3 Å². The minimum Gasteiger partial charge on any atom is -0.384 e. The summed E-state index contributed by atoms with van der Waals surface area (Å²) in [4.78, 5) is 6.73. The third-order valence-electron chi connectivity index (χ3n) is 3.24. The fourth-order valence-corrected chi connectivity index (χ4v) is 3.07. The summed E-state index contributed by atoms with van der Waals surface area (Å²) in [6.07, 6.45) is 1.68. The first-order chi connectivity index (χ1) is 8.09. The maximum Gasteiger partial charge on any atom is 0.128 e. The monoisotopic (exact) mass is 250 g/mol. The van der Waals surface area contributed by atoms with Gasteiger partial charge in [-0.25, -0.2) is 4.98 Å². The van der Waals surface area contributed by atoms with Crippen LogP contribution in [0.15, 0.2) is 18.3 Å². The zero-order valence-electron chi connectivity index (χ0n) is 10.2. The quantitative estimate of drug-likeness (QED) is 0.619. The number of anilines is 1. The molecule has 1 aliphatic rings. The third kappa shape index (κ3) is 2.54. The minimum absolute atomic E-state index is 0.0691. The molecule has 0 spiro atoms. The molecule has 17 heavy (non-hydrogen) atoms. The average molecular weight is 250 g/mol. The van der Waals surface area contributed by atoms with Crippen LogP contribution in [-0.4, -0.2) is 34.4 Å². The zero-order valence-corrected chi connectivity index (χ0v) is 11.0. The summed E-state index contributed by atoms with van der Waals surface area (Å²) in [5, 5.41) is 7.97. The molecule has 92 valence electrons. The Morgan fingerprint density at radius 1 is 1.53 bits per heavy atom. The van der Waals surface area contributed by atoms with Crippen molar-refractivity contribution in [2.45, 2.75) is 25.1 Å². The minimum atomic E-state index is 0.0691. The van der Waals surface area contributed by atoms with Gasteiger partial charge in [0.2, 0.25) is 0 Å². The number of hydrogen-bond acceptors (Lipinski definition) is 4. The second-order valence-electron chi connectivity index (χ2n) is 4.33. The van der Waals surface area contributed by atoms with Gasteiger partial charge in [0.25, 0.3) is 0 Å². The topological polar surface area (TPSA) is 66.0 Å². The third-order valence-corrected chi connectivity index (χ3v) is 4.57. The SMILES string of the molecule is CC1SCCN(c2ccc(C(=N)N)cn2)C1C. The number of nitrogens with one attached hydrogen (secondary N) is 1. The molecule has 0 aliphatic carbocycles. The van der Waals surface area contributed by atoms with Gasteiger partial charge in [-0.3, -0.25) is 5.41 Å². The van der Waals surface area contributed by atoms with E-state index >= 15 is 0 Å². The van der Waals surface area contributed by atoms with Gasteiger partial charge in [0.15, 0.2) is 0 Å². The van der Waals surface area contributed by atoms with E-state index in [-0.39, 0.29) is 5.84 Å². The Labute approximate surface area is 106 Å². The lowest BCUT2D eigenvalue weighted by atomic mass is 10.2. The Balaban J connectivity index is 2.19. The van der Waals surface area contributed by atoms with E-state index in [2.05, 4.69) is 23.7 Å². The number of pyridine rings is 1. The molecule has 2 unspecified atom stereocenters. The summed E-state index contributed by atoms with van der Waals surface area (Å²) < 4.78 is 0. The van der Waals surface area contributed by atoms with E-state index < -0.39 is 0 Å². The van der Waals surface area contributed by atoms with Crippen LogP contribution in [0.1, 0.15) is 19.4 Å². The van der Waals surface area contributed by atoms with Crippen molar-refractivity contribution in [1.29, 1.82) is 5.41 Å². The van der Waals surface area contributed by atoms with Crippen molar-refractivity contribution in [1.82, 2.24) is 4.98 Å². The standard InChI is InChI=1S/C12H18N4S/c1-8-9(2)17-6-5-16(8)11-4-3-10(7-15-11)12(13)14/h3-4,7-9H,5-6H2,1-2H3,(H3,13,14). The molecule has 1 saturated heterocycles. The van der Waals surface area contributed by atoms with Crippen LogP contribution in [-0.2, 0) is 0 Å². The smallest absolute Gasteiger partial charge is 0.128 e. The summed E-state index contributed by atoms with van der Waals surface area (Å²) in [7, 11) is 0. The summed E-state index contributed by atoms with van der Waals surface area (Å²) in [6.45, 7) is 5.52. The number of hydrogen-bond donors (Lipinski definition) is 2. The molecule has 0 aromatic carbocycles. The highest BCUT2D eigenvalue weighted by Gasteiger charge is 2.25. The van der Waals surface area contributed by atoms with Gasteiger partial charge in [0.05, 0.1) is 0 Å². The largest absolute Gasteiger partial charge is 0.384 e. The van der Waals surface area contributed by atoms with Gasteiger partial charge < -0.3 is 10.6 Å². The molecule has 5 heteroatoms. The second-order valence-corrected chi connectivity index (χ2v) is 5.81. The maximum atomic E-state index is 7.34. The van der Waals surface area contributed by atoms with E-state index in [4.69, 9.17) is 11.1 Å². The molecular formula is C12H18N4S. The molecule has 1 aliphatic heterocycles. The number of nitrogens with two attached hydrogens (primary N) is 1. The Morgan fingerprint density at radius 3 is 2.88 bits per heavy atom. The molecule has 3 N–H and O–H groups in total. The van der Waals surface area contributed by atoms with Crippen molar-refractivity contribution in [3.63, 3.8) is 0 Å². The van der Waals surface area contributed by atoms with E-state index in [9.17, 15) is 0 Å². The molecule has 2 heterocycles. The van der Waals surface area contributed by atoms with Gasteiger partial charge in [-0.2, -0.15) is 11.8 Å². The molecule has 1 fully saturated rings. The zero-order chi connectivity index (χ0) is 12.4. The number of thioether (sulfide) groups is 1. The molecule has 1 aromatic rings. The first kappa shape index (κ1) is 12.2. The van der Waals surface area contributed by atoms with Crippen molar-refractivity contribution in [3.05, 3.63) is 23.9 Å². The van der Waals surface area contributed by atoms with Crippen molar-refractivity contribution in [2.24, 2.45) is 5.73 Å². The molecule has 1 aromatic heterocycles. The van der Waals surface area contributed by atoms with Gasteiger partial charge in [-0.1, -0.05) is 6.92 Å². The fourth-order valence-electron chi connectivity index (χ4n) is 1.97. The van der Waals surface area contributed by atoms with Crippen LogP contribution in [0.5, 0.6) is 0 Å². The van der Waals surface area contributed by atoms with Crippen LogP contribution in [0.2, 0.25) is 0 Å². The van der Waals surface area contributed by atoms with Gasteiger partial charge in [-0.15, -0.1) is 0 Å². The molecule has 4 nitrogen and oxygen atoms in total. The van der Waals surface area contributed by atoms with Crippen molar-refractivity contribution >= 4 is 23.4 Å². The highest BCUT2D eigenvalue weighted by atomic mass is 32.2. The molecule has 0 saturated carbocycles. The van der Waals surface area contributed by atoms with Gasteiger partial charge in [-0.05, 0) is 19.1 Å². The van der Waals surface area contributed by atoms with E-state index in [1.165, 1.54) is 0 Å². The molecule has 0 amide bonds. The predicted octanol–water partition coefficient (Wildman–Crippen LogP) is 1.70. The molecule has 0 radical (unpaired) electrons. The molecule has 2 atom stereocenters. The number of rotatable bonds is 2. The lowest BCUT2D eigenvalue weighted by molar-refractivity contribution is 0.620. The van der Waals surface area contributed by atoms with Crippen LogP contribution in [0.4, 0.5) is 5.82 Å². The number of amidine groups is 1. The Hall–Kier alpha value is -1.23. The van der Waals surface area contributed by atoms with Crippen molar-refractivity contribution < 1.29 is 0 Å². The van der Waals surface area contributed by atoms with E-state index in [0.717, 1.165) is 18.1 Å². The van der Waals surface area contributed by atoms with Gasteiger partial charge >= 0.3 is 0 Å². The van der Waals surface area contributed by atoms with E-state index in [1.54, 1.807) is 6.20 Å². The first-order valence-electron chi connectivity index (χ1n) is 5.78. The van der Waals surface area contributed by atoms with E-state index in [1.807, 2.05) is 23.9 Å². The Bertz CT molecular complexity index is 403.